The van der Waals surface area contributed by atoms with Crippen molar-refractivity contribution in [3.63, 3.8) is 0 Å². The third-order valence-corrected chi connectivity index (χ3v) is 7.48. The van der Waals surface area contributed by atoms with Gasteiger partial charge < -0.3 is 0 Å². The number of pyridine rings is 1. The number of rotatable bonds is 4. The molecular formula is C15H25NSi. The highest BCUT2D eigenvalue weighted by Crippen LogP contribution is 2.29. The number of hydrogen-bond acceptors (Lipinski definition) is 1. The maximum absolute atomic E-state index is 4.58. The fraction of sp³-hybridized carbons (Fsp3) is 0.667. The van der Waals surface area contributed by atoms with Crippen molar-refractivity contribution in [2.75, 3.05) is 0 Å². The van der Waals surface area contributed by atoms with Gasteiger partial charge in [0.25, 0.3) is 0 Å². The highest BCUT2D eigenvalue weighted by molar-refractivity contribution is 6.89. The van der Waals surface area contributed by atoms with E-state index >= 15 is 0 Å². The van der Waals surface area contributed by atoms with Crippen LogP contribution in [0.4, 0.5) is 0 Å². The monoisotopic (exact) mass is 247 g/mol. The third kappa shape index (κ3) is 3.67. The van der Waals surface area contributed by atoms with Crippen LogP contribution in [0, 0.1) is 5.92 Å². The largest absolute Gasteiger partial charge is 0.266 e. The number of aromatic nitrogens is 1. The van der Waals surface area contributed by atoms with Crippen molar-refractivity contribution in [2.24, 2.45) is 5.92 Å². The summed E-state index contributed by atoms with van der Waals surface area (Å²) < 4.78 is 0. The smallest absolute Gasteiger partial charge is 0.104 e. The Morgan fingerprint density at radius 1 is 1.18 bits per heavy atom. The Hall–Kier alpha value is -0.633. The second-order valence-electron chi connectivity index (χ2n) is 6.14. The van der Waals surface area contributed by atoms with Gasteiger partial charge in [-0.25, -0.2) is 0 Å². The minimum absolute atomic E-state index is 1.01. The van der Waals surface area contributed by atoms with Gasteiger partial charge in [0, 0.05) is 11.5 Å². The van der Waals surface area contributed by atoms with Crippen molar-refractivity contribution in [3.05, 3.63) is 24.4 Å². The molecule has 0 bridgehead atoms. The van der Waals surface area contributed by atoms with E-state index in [-0.39, 0.29) is 0 Å². The van der Waals surface area contributed by atoms with E-state index < -0.39 is 8.07 Å². The second kappa shape index (κ2) is 5.81. The van der Waals surface area contributed by atoms with E-state index in [1.54, 1.807) is 0 Å². The fourth-order valence-electron chi connectivity index (χ4n) is 2.93. The van der Waals surface area contributed by atoms with Crippen molar-refractivity contribution < 1.29 is 0 Å². The fourth-order valence-corrected chi connectivity index (χ4v) is 5.29. The number of nitrogens with zero attached hydrogens (tertiary/aromatic N) is 1. The van der Waals surface area contributed by atoms with Crippen LogP contribution in [-0.4, -0.2) is 13.1 Å². The quantitative estimate of drug-likeness (QED) is 0.734. The van der Waals surface area contributed by atoms with Crippen molar-refractivity contribution in [2.45, 2.75) is 57.7 Å². The SMILES string of the molecule is C[Si](C)(CCC1CCCCC1)c1ccccn1. The number of hydrogen-bond donors (Lipinski definition) is 0. The topological polar surface area (TPSA) is 12.9 Å². The van der Waals surface area contributed by atoms with Crippen LogP contribution in [0.1, 0.15) is 38.5 Å². The van der Waals surface area contributed by atoms with Gasteiger partial charge in [0.2, 0.25) is 0 Å². The summed E-state index contributed by atoms with van der Waals surface area (Å²) in [5, 5.41) is 1.39. The van der Waals surface area contributed by atoms with Gasteiger partial charge in [0.05, 0.1) is 0 Å². The molecule has 1 nitrogen and oxygen atoms in total. The summed E-state index contributed by atoms with van der Waals surface area (Å²) in [7, 11) is -1.27. The second-order valence-corrected chi connectivity index (χ2v) is 10.9. The van der Waals surface area contributed by atoms with Crippen LogP contribution in [-0.2, 0) is 0 Å². The molecule has 0 amide bonds. The molecule has 0 aromatic carbocycles. The van der Waals surface area contributed by atoms with Gasteiger partial charge in [0.15, 0.2) is 0 Å². The molecule has 1 fully saturated rings. The molecule has 0 unspecified atom stereocenters. The summed E-state index contributed by atoms with van der Waals surface area (Å²) in [5.74, 6) is 1.01. The predicted octanol–water partition coefficient (Wildman–Crippen LogP) is 3.97. The van der Waals surface area contributed by atoms with Gasteiger partial charge in [-0.15, -0.1) is 0 Å². The van der Waals surface area contributed by atoms with E-state index in [1.165, 1.54) is 49.9 Å². The van der Waals surface area contributed by atoms with Crippen molar-refractivity contribution >= 4 is 13.4 Å². The molecule has 17 heavy (non-hydrogen) atoms. The first-order valence-electron chi connectivity index (χ1n) is 7.10. The van der Waals surface area contributed by atoms with Crippen molar-refractivity contribution in [3.8, 4) is 0 Å². The van der Waals surface area contributed by atoms with Gasteiger partial charge in [-0.2, -0.15) is 0 Å². The molecule has 0 aliphatic heterocycles. The predicted molar refractivity (Wildman–Crippen MR) is 77.4 cm³/mol. The molecule has 0 N–H and O–H groups in total. The van der Waals surface area contributed by atoms with E-state index in [2.05, 4.69) is 30.2 Å². The molecule has 1 aliphatic rings. The zero-order valence-electron chi connectivity index (χ0n) is 11.3. The van der Waals surface area contributed by atoms with Gasteiger partial charge in [-0.05, 0) is 18.1 Å². The van der Waals surface area contributed by atoms with E-state index in [1.807, 2.05) is 12.3 Å². The summed E-state index contributed by atoms with van der Waals surface area (Å²) in [6.45, 7) is 4.94. The normalized spacial score (nSPS) is 18.2. The summed E-state index contributed by atoms with van der Waals surface area (Å²) in [4.78, 5) is 4.58. The van der Waals surface area contributed by atoms with E-state index in [4.69, 9.17) is 0 Å². The summed E-state index contributed by atoms with van der Waals surface area (Å²) in [5.41, 5.74) is 0. The average Bonchev–Trinajstić information content (AvgIpc) is 2.39. The van der Waals surface area contributed by atoms with Crippen LogP contribution >= 0.6 is 0 Å². The molecule has 1 aromatic rings. The first-order chi connectivity index (χ1) is 8.18. The molecule has 1 aromatic heterocycles. The van der Waals surface area contributed by atoms with Crippen LogP contribution in [0.3, 0.4) is 0 Å². The summed E-state index contributed by atoms with van der Waals surface area (Å²) >= 11 is 0. The molecule has 1 saturated carbocycles. The first-order valence-corrected chi connectivity index (χ1v) is 10.3. The lowest BCUT2D eigenvalue weighted by molar-refractivity contribution is 0.348. The minimum Gasteiger partial charge on any atom is -0.266 e. The Balaban J connectivity index is 1.88. The summed E-state index contributed by atoms with van der Waals surface area (Å²) in [6.07, 6.45) is 10.8. The average molecular weight is 247 g/mol. The van der Waals surface area contributed by atoms with Crippen LogP contribution < -0.4 is 5.32 Å². The zero-order valence-corrected chi connectivity index (χ0v) is 12.3. The molecule has 0 spiro atoms. The molecule has 94 valence electrons. The van der Waals surface area contributed by atoms with Gasteiger partial charge in [-0.3, -0.25) is 4.98 Å². The molecule has 2 heteroatoms. The maximum atomic E-state index is 4.58. The Morgan fingerprint density at radius 2 is 1.94 bits per heavy atom. The molecule has 0 radical (unpaired) electrons. The van der Waals surface area contributed by atoms with Crippen LogP contribution in [0.5, 0.6) is 0 Å². The van der Waals surface area contributed by atoms with Crippen molar-refractivity contribution in [1.82, 2.24) is 4.98 Å². The van der Waals surface area contributed by atoms with Gasteiger partial charge >= 0.3 is 0 Å². The first kappa shape index (κ1) is 12.8. The van der Waals surface area contributed by atoms with Gasteiger partial charge in [0.1, 0.15) is 8.07 Å². The third-order valence-electron chi connectivity index (χ3n) is 4.26. The van der Waals surface area contributed by atoms with E-state index in [0.29, 0.717) is 0 Å². The molecule has 0 atom stereocenters. The van der Waals surface area contributed by atoms with E-state index in [0.717, 1.165) is 5.92 Å². The molecule has 1 heterocycles. The van der Waals surface area contributed by atoms with Crippen LogP contribution in [0.25, 0.3) is 0 Å². The van der Waals surface area contributed by atoms with E-state index in [9.17, 15) is 0 Å². The highest BCUT2D eigenvalue weighted by atomic mass is 28.3. The lowest BCUT2D eigenvalue weighted by Crippen LogP contribution is -2.43. The maximum Gasteiger partial charge on any atom is 0.104 e. The van der Waals surface area contributed by atoms with Crippen LogP contribution in [0.15, 0.2) is 24.4 Å². The lowest BCUT2D eigenvalue weighted by atomic mass is 9.88. The molecule has 2 rings (SSSR count). The standard InChI is InChI=1S/C15H25NSi/c1-17(2,15-10-6-7-12-16-15)13-11-14-8-4-3-5-9-14/h6-7,10,12,14H,3-5,8-9,11,13H2,1-2H3. The molecular weight excluding hydrogens is 222 g/mol. The van der Waals surface area contributed by atoms with Gasteiger partial charge in [-0.1, -0.05) is 63.7 Å². The lowest BCUT2D eigenvalue weighted by Gasteiger charge is -2.27. The van der Waals surface area contributed by atoms with Crippen molar-refractivity contribution in [1.29, 1.82) is 0 Å². The Kier molecular flexibility index (Phi) is 4.38. The summed E-state index contributed by atoms with van der Waals surface area (Å²) in [6, 6.07) is 7.80. The highest BCUT2D eigenvalue weighted by Gasteiger charge is 2.26. The Morgan fingerprint density at radius 3 is 2.59 bits per heavy atom. The molecule has 1 aliphatic carbocycles. The van der Waals surface area contributed by atoms with Crippen LogP contribution in [0.2, 0.25) is 19.1 Å². The Labute approximate surface area is 107 Å². The Bertz CT molecular complexity index is 328. The molecule has 0 saturated heterocycles. The minimum atomic E-state index is -1.27. The zero-order chi connectivity index (χ0) is 12.1.